The molecule has 82 valence electrons. The minimum atomic E-state index is -0.0943. The van der Waals surface area contributed by atoms with Gasteiger partial charge in [-0.1, -0.05) is 29.8 Å². The molecular formula is C11H11ClN4. The van der Waals surface area contributed by atoms with Gasteiger partial charge in [0.2, 0.25) is 5.95 Å². The number of halogens is 1. The average Bonchev–Trinajstić information content (AvgIpc) is 2.96. The lowest BCUT2D eigenvalue weighted by atomic mass is 9.95. The van der Waals surface area contributed by atoms with E-state index >= 15 is 0 Å². The van der Waals surface area contributed by atoms with Crippen molar-refractivity contribution in [3.05, 3.63) is 40.7 Å². The molecule has 0 radical (unpaired) electrons. The van der Waals surface area contributed by atoms with Gasteiger partial charge in [0.1, 0.15) is 5.82 Å². The van der Waals surface area contributed by atoms with Crippen LogP contribution in [0.4, 0.5) is 5.95 Å². The molecular weight excluding hydrogens is 224 g/mol. The highest BCUT2D eigenvalue weighted by Gasteiger charge is 2.49. The maximum Gasteiger partial charge on any atom is 0.239 e. The van der Waals surface area contributed by atoms with E-state index in [1.54, 1.807) is 0 Å². The van der Waals surface area contributed by atoms with Gasteiger partial charge in [-0.05, 0) is 24.5 Å². The summed E-state index contributed by atoms with van der Waals surface area (Å²) in [6, 6.07) is 7.85. The van der Waals surface area contributed by atoms with Crippen LogP contribution in [-0.2, 0) is 5.41 Å². The molecule has 0 spiro atoms. The highest BCUT2D eigenvalue weighted by Crippen LogP contribution is 2.53. The van der Waals surface area contributed by atoms with Crippen molar-refractivity contribution < 1.29 is 0 Å². The number of aromatic nitrogens is 3. The summed E-state index contributed by atoms with van der Waals surface area (Å²) in [6.07, 6.45) is 2.07. The first-order valence-electron chi connectivity index (χ1n) is 5.16. The molecule has 5 heteroatoms. The third-order valence-electron chi connectivity index (χ3n) is 3.10. The summed E-state index contributed by atoms with van der Waals surface area (Å²) >= 11 is 6.21. The van der Waals surface area contributed by atoms with Crippen molar-refractivity contribution in [1.82, 2.24) is 15.2 Å². The van der Waals surface area contributed by atoms with Crippen LogP contribution in [0.1, 0.15) is 24.2 Å². The zero-order valence-corrected chi connectivity index (χ0v) is 9.33. The Labute approximate surface area is 97.8 Å². The number of nitrogens with zero attached hydrogens (tertiary/aromatic N) is 2. The molecule has 3 rings (SSSR count). The first-order valence-corrected chi connectivity index (χ1v) is 5.53. The van der Waals surface area contributed by atoms with E-state index in [1.807, 2.05) is 24.3 Å². The molecule has 1 aromatic heterocycles. The van der Waals surface area contributed by atoms with Crippen molar-refractivity contribution in [3.8, 4) is 0 Å². The zero-order chi connectivity index (χ0) is 11.2. The molecule has 0 aliphatic heterocycles. The Bertz CT molecular complexity index is 530. The maximum atomic E-state index is 6.21. The molecule has 1 fully saturated rings. The van der Waals surface area contributed by atoms with E-state index in [9.17, 15) is 0 Å². The average molecular weight is 235 g/mol. The van der Waals surface area contributed by atoms with Gasteiger partial charge in [-0.3, -0.25) is 5.10 Å². The Morgan fingerprint density at radius 1 is 1.31 bits per heavy atom. The van der Waals surface area contributed by atoms with Crippen molar-refractivity contribution in [2.45, 2.75) is 18.3 Å². The molecule has 1 aromatic carbocycles. The Kier molecular flexibility index (Phi) is 1.94. The van der Waals surface area contributed by atoms with Crippen LogP contribution in [0.25, 0.3) is 0 Å². The maximum absolute atomic E-state index is 6.21. The number of H-pyrrole nitrogens is 1. The van der Waals surface area contributed by atoms with Crippen LogP contribution >= 0.6 is 11.6 Å². The van der Waals surface area contributed by atoms with E-state index in [1.165, 1.54) is 0 Å². The van der Waals surface area contributed by atoms with E-state index in [0.717, 1.165) is 29.3 Å². The standard InChI is InChI=1S/C11H11ClN4/c12-8-4-2-1-3-7(8)11(5-6-11)9-14-10(13)16-15-9/h1-4H,5-6H2,(H3,13,14,15,16). The minimum Gasteiger partial charge on any atom is -0.367 e. The van der Waals surface area contributed by atoms with E-state index in [0.29, 0.717) is 0 Å². The molecule has 16 heavy (non-hydrogen) atoms. The van der Waals surface area contributed by atoms with E-state index in [4.69, 9.17) is 17.3 Å². The van der Waals surface area contributed by atoms with Crippen LogP contribution in [0.15, 0.2) is 24.3 Å². The van der Waals surface area contributed by atoms with Crippen LogP contribution in [0.5, 0.6) is 0 Å². The first kappa shape index (κ1) is 9.66. The third-order valence-corrected chi connectivity index (χ3v) is 3.43. The number of rotatable bonds is 2. The Hall–Kier alpha value is -1.55. The quantitative estimate of drug-likeness (QED) is 0.837. The van der Waals surface area contributed by atoms with Crippen LogP contribution in [-0.4, -0.2) is 15.2 Å². The van der Waals surface area contributed by atoms with Crippen molar-refractivity contribution in [2.75, 3.05) is 5.73 Å². The van der Waals surface area contributed by atoms with Gasteiger partial charge in [-0.25, -0.2) is 0 Å². The fourth-order valence-electron chi connectivity index (χ4n) is 2.10. The molecule has 0 amide bonds. The molecule has 0 bridgehead atoms. The van der Waals surface area contributed by atoms with Gasteiger partial charge in [0.25, 0.3) is 0 Å². The number of benzene rings is 1. The molecule has 1 aliphatic rings. The summed E-state index contributed by atoms with van der Waals surface area (Å²) in [5.74, 6) is 1.10. The third kappa shape index (κ3) is 1.30. The summed E-state index contributed by atoms with van der Waals surface area (Å²) in [5.41, 5.74) is 6.54. The second-order valence-corrected chi connectivity index (χ2v) is 4.51. The van der Waals surface area contributed by atoms with Crippen LogP contribution in [0, 0.1) is 0 Å². The fourth-order valence-corrected chi connectivity index (χ4v) is 2.41. The van der Waals surface area contributed by atoms with Gasteiger partial charge in [-0.15, -0.1) is 5.10 Å². The first-order chi connectivity index (χ1) is 7.72. The number of anilines is 1. The summed E-state index contributed by atoms with van der Waals surface area (Å²) in [5, 5.41) is 7.54. The van der Waals surface area contributed by atoms with Gasteiger partial charge in [-0.2, -0.15) is 4.98 Å². The SMILES string of the molecule is Nc1n[nH]c(C2(c3ccccc3Cl)CC2)n1. The smallest absolute Gasteiger partial charge is 0.239 e. The lowest BCUT2D eigenvalue weighted by molar-refractivity contribution is 0.761. The summed E-state index contributed by atoms with van der Waals surface area (Å²) < 4.78 is 0. The van der Waals surface area contributed by atoms with Gasteiger partial charge in [0, 0.05) is 5.02 Å². The second-order valence-electron chi connectivity index (χ2n) is 4.10. The molecule has 1 saturated carbocycles. The Balaban J connectivity index is 2.10. The number of aromatic amines is 1. The lowest BCUT2D eigenvalue weighted by Crippen LogP contribution is -2.11. The van der Waals surface area contributed by atoms with E-state index in [-0.39, 0.29) is 11.4 Å². The Morgan fingerprint density at radius 3 is 2.62 bits per heavy atom. The highest BCUT2D eigenvalue weighted by molar-refractivity contribution is 6.31. The normalized spacial score (nSPS) is 17.3. The van der Waals surface area contributed by atoms with Gasteiger partial charge < -0.3 is 5.73 Å². The highest BCUT2D eigenvalue weighted by atomic mass is 35.5. The predicted molar refractivity (Wildman–Crippen MR) is 62.3 cm³/mol. The van der Waals surface area contributed by atoms with Crippen molar-refractivity contribution in [2.24, 2.45) is 0 Å². The van der Waals surface area contributed by atoms with Gasteiger partial charge in [0.05, 0.1) is 5.41 Å². The lowest BCUT2D eigenvalue weighted by Gasteiger charge is -2.13. The van der Waals surface area contributed by atoms with E-state index in [2.05, 4.69) is 15.2 Å². The molecule has 1 heterocycles. The number of nitrogens with two attached hydrogens (primary N) is 1. The number of nitrogen functional groups attached to an aromatic ring is 1. The molecule has 0 atom stereocenters. The molecule has 0 saturated heterocycles. The minimum absolute atomic E-state index is 0.0943. The Morgan fingerprint density at radius 2 is 2.06 bits per heavy atom. The number of nitrogens with one attached hydrogen (secondary N) is 1. The van der Waals surface area contributed by atoms with Gasteiger partial charge >= 0.3 is 0 Å². The molecule has 2 aromatic rings. The van der Waals surface area contributed by atoms with Gasteiger partial charge in [0.15, 0.2) is 0 Å². The monoisotopic (exact) mass is 234 g/mol. The molecule has 0 unspecified atom stereocenters. The van der Waals surface area contributed by atoms with Crippen LogP contribution in [0.2, 0.25) is 5.02 Å². The van der Waals surface area contributed by atoms with Crippen LogP contribution < -0.4 is 5.73 Å². The second kappa shape index (κ2) is 3.22. The zero-order valence-electron chi connectivity index (χ0n) is 8.57. The number of hydrogen-bond donors (Lipinski definition) is 2. The fraction of sp³-hybridized carbons (Fsp3) is 0.273. The molecule has 4 nitrogen and oxygen atoms in total. The largest absolute Gasteiger partial charge is 0.367 e. The summed E-state index contributed by atoms with van der Waals surface area (Å²) in [6.45, 7) is 0. The summed E-state index contributed by atoms with van der Waals surface area (Å²) in [7, 11) is 0. The van der Waals surface area contributed by atoms with Crippen LogP contribution in [0.3, 0.4) is 0 Å². The predicted octanol–water partition coefficient (Wildman–Crippen LogP) is 2.12. The van der Waals surface area contributed by atoms with E-state index < -0.39 is 0 Å². The molecule has 1 aliphatic carbocycles. The van der Waals surface area contributed by atoms with Crippen molar-refractivity contribution >= 4 is 17.5 Å². The topological polar surface area (TPSA) is 67.6 Å². The van der Waals surface area contributed by atoms with Crippen molar-refractivity contribution in [3.63, 3.8) is 0 Å². The molecule has 3 N–H and O–H groups in total. The van der Waals surface area contributed by atoms with Crippen molar-refractivity contribution in [1.29, 1.82) is 0 Å². The summed E-state index contributed by atoms with van der Waals surface area (Å²) in [4.78, 5) is 4.21. The number of hydrogen-bond acceptors (Lipinski definition) is 3.